The lowest BCUT2D eigenvalue weighted by Crippen LogP contribution is -2.71. The third-order valence-electron chi connectivity index (χ3n) is 8.12. The van der Waals surface area contributed by atoms with Crippen LogP contribution in [0.15, 0.2) is 65.3 Å². The number of β-lactam (4-membered cyclic amide) rings is 1. The Morgan fingerprint density at radius 3 is 2.71 bits per heavy atom. The van der Waals surface area contributed by atoms with E-state index in [1.807, 2.05) is 10.6 Å². The lowest BCUT2D eigenvalue weighted by atomic mass is 10.0. The standard InChI is InChI=1S/C31H29FN10O7S2/c1-31(2,29(47)48)49-38-20(24-37-30(35)51-39-24)25(43)36-21-26(44)42-22(28(45)46)17(13-50-27(21)42)11-40-7-6-19-16(10-40)5-8-41(19)12-15-4-3-14(23(33)34)9-18(15)32/h3-10,21,27H,11-13H2,1-2H3,(H7-,33,34,35,36,37,39,43,45,46,47,48)/b38-20-/t21-,27-/m1/s1. The monoisotopic (exact) mass is 736 g/mol. The van der Waals surface area contributed by atoms with E-state index >= 15 is 0 Å². The Morgan fingerprint density at radius 1 is 1.29 bits per heavy atom. The van der Waals surface area contributed by atoms with Gasteiger partial charge in [-0.05, 0) is 26.0 Å². The van der Waals surface area contributed by atoms with Gasteiger partial charge in [0.25, 0.3) is 11.8 Å². The molecule has 0 aliphatic carbocycles. The number of anilines is 1. The van der Waals surface area contributed by atoms with E-state index in [1.54, 1.807) is 41.4 Å². The molecule has 2 atom stereocenters. The van der Waals surface area contributed by atoms with Gasteiger partial charge >= 0.3 is 5.97 Å². The van der Waals surface area contributed by atoms with Gasteiger partial charge in [0, 0.05) is 46.2 Å². The molecular formula is C31H29FN10O7S2. The first-order valence-electron chi connectivity index (χ1n) is 15.0. The van der Waals surface area contributed by atoms with Gasteiger partial charge in [-0.25, -0.2) is 13.8 Å². The normalized spacial score (nSPS) is 17.6. The second-order valence-electron chi connectivity index (χ2n) is 12.0. The number of nitrogens with zero attached hydrogens (tertiary/aromatic N) is 6. The summed E-state index contributed by atoms with van der Waals surface area (Å²) in [6, 6.07) is 6.85. The number of nitrogens with two attached hydrogens (primary N) is 2. The number of nitrogens with one attached hydrogen (secondary N) is 2. The molecule has 1 fully saturated rings. The minimum Gasteiger partial charge on any atom is -0.543 e. The fourth-order valence-electron chi connectivity index (χ4n) is 5.39. The Hall–Kier alpha value is -5.89. The Balaban J connectivity index is 1.18. The number of carbonyl (C=O) groups excluding carboxylic acids is 3. The number of carboxylic acids is 2. The number of amidine groups is 1. The molecule has 51 heavy (non-hydrogen) atoms. The van der Waals surface area contributed by atoms with E-state index in [0.717, 1.165) is 27.3 Å². The van der Waals surface area contributed by atoms with Gasteiger partial charge in [-0.1, -0.05) is 17.3 Å². The van der Waals surface area contributed by atoms with Crippen molar-refractivity contribution in [2.45, 2.75) is 44.0 Å². The van der Waals surface area contributed by atoms with Gasteiger partial charge in [0.15, 0.2) is 24.1 Å². The van der Waals surface area contributed by atoms with Gasteiger partial charge in [0.2, 0.25) is 17.1 Å². The highest BCUT2D eigenvalue weighted by molar-refractivity contribution is 8.00. The first-order valence-corrected chi connectivity index (χ1v) is 16.9. The van der Waals surface area contributed by atoms with Crippen LogP contribution in [0.5, 0.6) is 0 Å². The third kappa shape index (κ3) is 6.82. The van der Waals surface area contributed by atoms with Crippen molar-refractivity contribution in [2.75, 3.05) is 11.5 Å². The van der Waals surface area contributed by atoms with Crippen LogP contribution in [0.25, 0.3) is 10.9 Å². The maximum atomic E-state index is 14.7. The second kappa shape index (κ2) is 13.4. The van der Waals surface area contributed by atoms with Crippen LogP contribution in [0.3, 0.4) is 0 Å². The van der Waals surface area contributed by atoms with Crippen molar-refractivity contribution in [1.29, 1.82) is 5.41 Å². The summed E-state index contributed by atoms with van der Waals surface area (Å²) in [6.45, 7) is 2.75. The number of benzene rings is 1. The number of rotatable bonds is 12. The average Bonchev–Trinajstić information content (AvgIpc) is 3.69. The summed E-state index contributed by atoms with van der Waals surface area (Å²) in [4.78, 5) is 60.6. The van der Waals surface area contributed by atoms with Crippen LogP contribution in [0.4, 0.5) is 9.52 Å². The number of hydrogen-bond donors (Lipinski definition) is 5. The molecule has 6 rings (SSSR count). The first-order chi connectivity index (χ1) is 24.1. The minimum absolute atomic E-state index is 0.00437. The van der Waals surface area contributed by atoms with Crippen LogP contribution in [0.2, 0.25) is 0 Å². The van der Waals surface area contributed by atoms with Crippen molar-refractivity contribution in [3.8, 4) is 0 Å². The number of fused-ring (bicyclic) bond motifs is 2. The highest BCUT2D eigenvalue weighted by atomic mass is 32.2. The maximum Gasteiger partial charge on any atom is 0.350 e. The van der Waals surface area contributed by atoms with Crippen LogP contribution >= 0.6 is 23.3 Å². The Morgan fingerprint density at radius 2 is 2.06 bits per heavy atom. The lowest BCUT2D eigenvalue weighted by Gasteiger charge is -2.50. The molecule has 4 aromatic rings. The van der Waals surface area contributed by atoms with Crippen LogP contribution in [-0.4, -0.2) is 82.0 Å². The van der Waals surface area contributed by atoms with Crippen molar-refractivity contribution in [1.82, 2.24) is 24.1 Å². The first kappa shape index (κ1) is 35.0. The zero-order valence-corrected chi connectivity index (χ0v) is 28.5. The zero-order valence-electron chi connectivity index (χ0n) is 26.8. The van der Waals surface area contributed by atoms with Gasteiger partial charge in [-0.15, -0.1) is 11.8 Å². The van der Waals surface area contributed by atoms with Crippen LogP contribution in [0, 0.1) is 11.2 Å². The van der Waals surface area contributed by atoms with E-state index in [4.69, 9.17) is 21.7 Å². The molecule has 2 aliphatic heterocycles. The Labute approximate surface area is 296 Å². The molecular weight excluding hydrogens is 708 g/mol. The van der Waals surface area contributed by atoms with Crippen LogP contribution < -0.4 is 26.5 Å². The number of carboxylic acid groups (broad SMARTS) is 2. The van der Waals surface area contributed by atoms with Gasteiger partial charge in [0.05, 0.1) is 29.1 Å². The van der Waals surface area contributed by atoms with Gasteiger partial charge in [0.1, 0.15) is 23.1 Å². The Bertz CT molecular complexity index is 2200. The van der Waals surface area contributed by atoms with Gasteiger partial charge in [-0.3, -0.25) is 19.9 Å². The predicted molar refractivity (Wildman–Crippen MR) is 179 cm³/mol. The number of hydrogen-bond acceptors (Lipinski definition) is 13. The molecule has 0 saturated carbocycles. The summed E-state index contributed by atoms with van der Waals surface area (Å²) < 4.78 is 22.2. The van der Waals surface area contributed by atoms with Crippen molar-refractivity contribution in [3.05, 3.63) is 83.0 Å². The van der Waals surface area contributed by atoms with Crippen molar-refractivity contribution in [2.24, 2.45) is 10.9 Å². The van der Waals surface area contributed by atoms with E-state index < -0.39 is 52.3 Å². The number of amides is 2. The van der Waals surface area contributed by atoms with E-state index in [1.165, 1.54) is 31.7 Å². The summed E-state index contributed by atoms with van der Waals surface area (Å²) in [6.07, 6.45) is 5.33. The summed E-state index contributed by atoms with van der Waals surface area (Å²) >= 11 is 1.99. The molecule has 2 aliphatic rings. The fraction of sp³-hybridized carbons (Fsp3) is 0.258. The van der Waals surface area contributed by atoms with E-state index in [-0.39, 0.29) is 46.9 Å². The summed E-state index contributed by atoms with van der Waals surface area (Å²) in [5.41, 5.74) is 10.3. The topological polar surface area (TPSA) is 259 Å². The zero-order chi connectivity index (χ0) is 36.8. The largest absolute Gasteiger partial charge is 0.543 e. The molecule has 20 heteroatoms. The van der Waals surface area contributed by atoms with E-state index in [0.29, 0.717) is 11.1 Å². The second-order valence-corrected chi connectivity index (χ2v) is 13.9. The number of pyridine rings is 1. The molecule has 1 aromatic carbocycles. The number of halogens is 1. The smallest absolute Gasteiger partial charge is 0.350 e. The highest BCUT2D eigenvalue weighted by Gasteiger charge is 2.53. The highest BCUT2D eigenvalue weighted by Crippen LogP contribution is 2.40. The number of thioether (sulfide) groups is 1. The number of nitrogen functional groups attached to an aromatic ring is 2. The molecule has 2 amide bonds. The number of carbonyl (C=O) groups is 4. The summed E-state index contributed by atoms with van der Waals surface area (Å²) in [5.74, 6) is -5.39. The SMILES string of the molecule is CC(C)(O/N=C(\C(=O)N[C@@H]1C(=O)N2C(C(=O)[O-])=C(C[n+]3ccc4c(ccn4Cc4ccc(C(=N)N)cc4F)c3)CS[C@H]12)c1nsc(N)n1)C(=O)O. The third-order valence-corrected chi connectivity index (χ3v) is 10.0. The Kier molecular flexibility index (Phi) is 9.21. The van der Waals surface area contributed by atoms with E-state index in [2.05, 4.69) is 19.8 Å². The number of aliphatic carboxylic acids is 2. The average molecular weight is 737 g/mol. The molecule has 3 aromatic heterocycles. The van der Waals surface area contributed by atoms with Crippen molar-refractivity contribution in [3.63, 3.8) is 0 Å². The lowest BCUT2D eigenvalue weighted by molar-refractivity contribution is -0.687. The molecule has 0 bridgehead atoms. The number of aromatic nitrogens is 4. The molecule has 264 valence electrons. The van der Waals surface area contributed by atoms with Crippen LogP contribution in [0.1, 0.15) is 30.8 Å². The maximum absolute atomic E-state index is 14.7. The van der Waals surface area contributed by atoms with Crippen molar-refractivity contribution >= 4 is 74.6 Å². The molecule has 0 radical (unpaired) electrons. The quantitative estimate of drug-likeness (QED) is 0.0406. The predicted octanol–water partition coefficient (Wildman–Crippen LogP) is -0.478. The molecule has 1 saturated heterocycles. The molecule has 17 nitrogen and oxygen atoms in total. The van der Waals surface area contributed by atoms with Crippen molar-refractivity contribution < 1.29 is 43.2 Å². The fourth-order valence-corrected chi connectivity index (χ4v) is 7.16. The minimum atomic E-state index is -1.82. The molecule has 0 unspecified atom stereocenters. The number of oxime groups is 1. The summed E-state index contributed by atoms with van der Waals surface area (Å²) in [5, 5.41) is 35.4. The van der Waals surface area contributed by atoms with Crippen LogP contribution in [-0.2, 0) is 37.1 Å². The summed E-state index contributed by atoms with van der Waals surface area (Å²) in [7, 11) is 0. The molecule has 0 spiro atoms. The van der Waals surface area contributed by atoms with E-state index in [9.17, 15) is 33.8 Å². The molecule has 7 N–H and O–H groups in total. The van der Waals surface area contributed by atoms with Gasteiger partial charge in [-0.2, -0.15) is 9.36 Å². The van der Waals surface area contributed by atoms with Gasteiger partial charge < -0.3 is 41.2 Å². The molecule has 5 heterocycles.